The van der Waals surface area contributed by atoms with Crippen LogP contribution in [0.1, 0.15) is 28.7 Å². The lowest BCUT2D eigenvalue weighted by molar-refractivity contribution is -0.140. The third-order valence-corrected chi connectivity index (χ3v) is 6.01. The third-order valence-electron chi connectivity index (χ3n) is 6.01. The van der Waals surface area contributed by atoms with Crippen LogP contribution >= 0.6 is 0 Å². The Morgan fingerprint density at radius 2 is 1.94 bits per heavy atom. The van der Waals surface area contributed by atoms with Crippen molar-refractivity contribution in [2.45, 2.75) is 19.9 Å². The second kappa shape index (κ2) is 8.60. The number of aryl methyl sites for hydroxylation is 2. The molecule has 0 saturated carbocycles. The van der Waals surface area contributed by atoms with Gasteiger partial charge in [-0.2, -0.15) is 5.10 Å². The normalized spacial score (nSPS) is 21.8. The highest BCUT2D eigenvalue weighted by molar-refractivity contribution is 6.46. The highest BCUT2D eigenvalue weighted by Crippen LogP contribution is 2.39. The minimum atomic E-state index is -0.749. The van der Waals surface area contributed by atoms with Gasteiger partial charge < -0.3 is 14.7 Å². The molecule has 0 unspecified atom stereocenters. The lowest BCUT2D eigenvalue weighted by Crippen LogP contribution is -2.42. The van der Waals surface area contributed by atoms with Crippen molar-refractivity contribution in [2.75, 3.05) is 39.4 Å². The number of nitrogens with zero attached hydrogens (tertiary/aromatic N) is 5. The van der Waals surface area contributed by atoms with E-state index in [1.165, 1.54) is 4.90 Å². The van der Waals surface area contributed by atoms with Crippen LogP contribution in [0.4, 0.5) is 0 Å². The lowest BCUT2D eigenvalue weighted by Gasteiger charge is -2.30. The summed E-state index contributed by atoms with van der Waals surface area (Å²) in [6, 6.07) is 4.61. The average molecular weight is 425 g/mol. The van der Waals surface area contributed by atoms with Gasteiger partial charge in [-0.05, 0) is 26.0 Å². The summed E-state index contributed by atoms with van der Waals surface area (Å²) in [6.45, 7) is 7.44. The number of amides is 1. The summed E-state index contributed by atoms with van der Waals surface area (Å²) < 4.78 is 7.03. The van der Waals surface area contributed by atoms with Crippen molar-refractivity contribution in [1.29, 1.82) is 0 Å². The van der Waals surface area contributed by atoms with E-state index in [0.29, 0.717) is 48.9 Å². The van der Waals surface area contributed by atoms with E-state index < -0.39 is 17.7 Å². The Morgan fingerprint density at radius 1 is 1.19 bits per heavy atom. The monoisotopic (exact) mass is 425 g/mol. The maximum absolute atomic E-state index is 13.1. The van der Waals surface area contributed by atoms with E-state index in [-0.39, 0.29) is 11.3 Å². The molecule has 4 heterocycles. The minimum absolute atomic E-state index is 0.0601. The third kappa shape index (κ3) is 3.86. The molecule has 0 aromatic carbocycles. The zero-order valence-corrected chi connectivity index (χ0v) is 18.0. The van der Waals surface area contributed by atoms with Gasteiger partial charge in [0.2, 0.25) is 0 Å². The molecule has 2 aromatic rings. The molecule has 0 radical (unpaired) electrons. The van der Waals surface area contributed by atoms with E-state index in [0.717, 1.165) is 13.1 Å². The SMILES string of the molecule is Cc1nn(C)c(C)c1C(O)=C1C(=O)C(=O)N(CCN2CCOCC2)[C@@H]1c1ccccn1. The van der Waals surface area contributed by atoms with E-state index >= 15 is 0 Å². The molecule has 2 saturated heterocycles. The Morgan fingerprint density at radius 3 is 2.55 bits per heavy atom. The summed E-state index contributed by atoms with van der Waals surface area (Å²) in [5.41, 5.74) is 2.40. The lowest BCUT2D eigenvalue weighted by atomic mass is 9.97. The molecule has 9 nitrogen and oxygen atoms in total. The number of aromatic nitrogens is 3. The van der Waals surface area contributed by atoms with E-state index in [9.17, 15) is 14.7 Å². The van der Waals surface area contributed by atoms with Crippen LogP contribution in [0.2, 0.25) is 0 Å². The first-order chi connectivity index (χ1) is 14.9. The molecule has 0 aliphatic carbocycles. The second-order valence-corrected chi connectivity index (χ2v) is 7.87. The maximum atomic E-state index is 13.1. The fourth-order valence-corrected chi connectivity index (χ4v) is 4.28. The van der Waals surface area contributed by atoms with Gasteiger partial charge in [0.25, 0.3) is 11.7 Å². The number of hydrogen-bond donors (Lipinski definition) is 1. The Kier molecular flexibility index (Phi) is 5.88. The smallest absolute Gasteiger partial charge is 0.295 e. The molecule has 2 aromatic heterocycles. The summed E-state index contributed by atoms with van der Waals surface area (Å²) >= 11 is 0. The van der Waals surface area contributed by atoms with Crippen LogP contribution < -0.4 is 0 Å². The second-order valence-electron chi connectivity index (χ2n) is 7.87. The van der Waals surface area contributed by atoms with Gasteiger partial charge >= 0.3 is 0 Å². The van der Waals surface area contributed by atoms with Crippen molar-refractivity contribution in [3.05, 3.63) is 52.6 Å². The van der Waals surface area contributed by atoms with Crippen LogP contribution in [0.3, 0.4) is 0 Å². The number of aliphatic hydroxyl groups excluding tert-OH is 1. The van der Waals surface area contributed by atoms with Crippen molar-refractivity contribution in [3.8, 4) is 0 Å². The number of pyridine rings is 1. The maximum Gasteiger partial charge on any atom is 0.295 e. The Bertz CT molecular complexity index is 1020. The van der Waals surface area contributed by atoms with Gasteiger partial charge in [-0.1, -0.05) is 6.07 Å². The van der Waals surface area contributed by atoms with Crippen molar-refractivity contribution in [2.24, 2.45) is 7.05 Å². The molecule has 1 amide bonds. The number of carbonyl (C=O) groups excluding carboxylic acids is 2. The number of ketones is 1. The first-order valence-corrected chi connectivity index (χ1v) is 10.4. The highest BCUT2D eigenvalue weighted by Gasteiger charge is 2.47. The number of hydrogen-bond acceptors (Lipinski definition) is 7. The predicted octanol–water partition coefficient (Wildman–Crippen LogP) is 1.19. The molecule has 31 heavy (non-hydrogen) atoms. The first kappa shape index (κ1) is 21.2. The number of likely N-dealkylation sites (tertiary alicyclic amines) is 1. The Hall–Kier alpha value is -3.04. The molecule has 0 spiro atoms. The van der Waals surface area contributed by atoms with Crippen molar-refractivity contribution in [3.63, 3.8) is 0 Å². The zero-order valence-electron chi connectivity index (χ0n) is 18.0. The summed E-state index contributed by atoms with van der Waals surface area (Å²) in [4.78, 5) is 34.2. The van der Waals surface area contributed by atoms with Crippen LogP contribution in [0, 0.1) is 13.8 Å². The molecule has 164 valence electrons. The molecule has 1 N–H and O–H groups in total. The number of Topliss-reactive ketones (excluding diaryl/α,β-unsaturated/α-hetero) is 1. The van der Waals surface area contributed by atoms with Crippen LogP contribution in [-0.2, 0) is 21.4 Å². The van der Waals surface area contributed by atoms with Crippen molar-refractivity contribution < 1.29 is 19.4 Å². The molecule has 2 aliphatic rings. The average Bonchev–Trinajstić information content (AvgIpc) is 3.18. The van der Waals surface area contributed by atoms with Crippen molar-refractivity contribution >= 4 is 17.4 Å². The summed E-state index contributed by atoms with van der Waals surface area (Å²) in [7, 11) is 1.77. The van der Waals surface area contributed by atoms with Crippen molar-refractivity contribution in [1.82, 2.24) is 24.6 Å². The standard InChI is InChI=1S/C22H27N5O4/c1-14-17(15(2)25(3)24-14)20(28)18-19(16-6-4-5-7-23-16)27(22(30)21(18)29)9-8-26-10-12-31-13-11-26/h4-7,19,28H,8-13H2,1-3H3/t19-/m1/s1. The number of aliphatic hydroxyl groups is 1. The number of morpholine rings is 1. The summed E-state index contributed by atoms with van der Waals surface area (Å²) in [5, 5.41) is 15.6. The number of ether oxygens (including phenoxy) is 1. The number of rotatable bonds is 5. The first-order valence-electron chi connectivity index (χ1n) is 10.4. The van der Waals surface area contributed by atoms with Gasteiger partial charge in [-0.25, -0.2) is 0 Å². The Balaban J connectivity index is 1.76. The minimum Gasteiger partial charge on any atom is -0.507 e. The highest BCUT2D eigenvalue weighted by atomic mass is 16.5. The van der Waals surface area contributed by atoms with Gasteiger partial charge in [0.05, 0.1) is 35.7 Å². The topological polar surface area (TPSA) is 101 Å². The molecule has 2 fully saturated rings. The van der Waals surface area contributed by atoms with Gasteiger partial charge in [-0.15, -0.1) is 0 Å². The van der Waals surface area contributed by atoms with Gasteiger partial charge in [0, 0.05) is 45.1 Å². The molecular formula is C22H27N5O4. The van der Waals surface area contributed by atoms with Crippen LogP contribution in [0.25, 0.3) is 5.76 Å². The molecule has 1 atom stereocenters. The fourth-order valence-electron chi connectivity index (χ4n) is 4.28. The van der Waals surface area contributed by atoms with Gasteiger partial charge in [-0.3, -0.25) is 24.2 Å². The van der Waals surface area contributed by atoms with Crippen LogP contribution in [0.5, 0.6) is 0 Å². The van der Waals surface area contributed by atoms with Gasteiger partial charge in [0.1, 0.15) is 11.8 Å². The van der Waals surface area contributed by atoms with E-state index in [1.807, 2.05) is 13.0 Å². The predicted molar refractivity (Wildman–Crippen MR) is 113 cm³/mol. The van der Waals surface area contributed by atoms with Crippen LogP contribution in [0.15, 0.2) is 30.0 Å². The zero-order chi connectivity index (χ0) is 22.1. The quantitative estimate of drug-likeness (QED) is 0.436. The van der Waals surface area contributed by atoms with E-state index in [2.05, 4.69) is 15.0 Å². The fraction of sp³-hybridized carbons (Fsp3) is 0.455. The molecular weight excluding hydrogens is 398 g/mol. The van der Waals surface area contributed by atoms with E-state index in [4.69, 9.17) is 4.74 Å². The molecule has 9 heteroatoms. The molecule has 2 aliphatic heterocycles. The van der Waals surface area contributed by atoms with Gasteiger partial charge in [0.15, 0.2) is 0 Å². The largest absolute Gasteiger partial charge is 0.507 e. The Labute approximate surface area is 180 Å². The summed E-state index contributed by atoms with van der Waals surface area (Å²) in [6.07, 6.45) is 1.62. The number of carbonyl (C=O) groups is 2. The molecule has 0 bridgehead atoms. The molecule has 4 rings (SSSR count). The summed E-state index contributed by atoms with van der Waals surface area (Å²) in [5.74, 6) is -1.52. The van der Waals surface area contributed by atoms with E-state index in [1.54, 1.807) is 37.0 Å². The van der Waals surface area contributed by atoms with Crippen LogP contribution in [-0.4, -0.2) is 80.8 Å².